The minimum Gasteiger partial charge on any atom is -0.293 e. The maximum Gasteiger partial charge on any atom is 0.172 e. The van der Waals surface area contributed by atoms with E-state index in [-0.39, 0.29) is 17.1 Å². The molecule has 0 spiro atoms. The molecule has 0 atom stereocenters. The van der Waals surface area contributed by atoms with Crippen LogP contribution in [0.3, 0.4) is 0 Å². The van der Waals surface area contributed by atoms with Crippen molar-refractivity contribution in [1.29, 1.82) is 0 Å². The van der Waals surface area contributed by atoms with Crippen LogP contribution in [0, 0.1) is 11.6 Å². The molecule has 0 unspecified atom stereocenters. The first-order valence-electron chi connectivity index (χ1n) is 3.62. The van der Waals surface area contributed by atoms with Gasteiger partial charge in [-0.2, -0.15) is 11.8 Å². The zero-order valence-corrected chi connectivity index (χ0v) is 7.83. The first-order valence-corrected chi connectivity index (χ1v) is 5.01. The second-order valence-corrected chi connectivity index (χ2v) is 3.35. The first kappa shape index (κ1) is 10.2. The lowest BCUT2D eigenvalue weighted by molar-refractivity contribution is 0.102. The van der Waals surface area contributed by atoms with E-state index in [4.69, 9.17) is 0 Å². The summed E-state index contributed by atoms with van der Waals surface area (Å²) < 4.78 is 25.1. The maximum absolute atomic E-state index is 12.6. The van der Waals surface area contributed by atoms with Gasteiger partial charge in [-0.05, 0) is 24.5 Å². The van der Waals surface area contributed by atoms with Crippen molar-refractivity contribution >= 4 is 17.5 Å². The topological polar surface area (TPSA) is 17.1 Å². The summed E-state index contributed by atoms with van der Waals surface area (Å²) in [5, 5.41) is 0. The van der Waals surface area contributed by atoms with Crippen LogP contribution in [0.1, 0.15) is 10.4 Å². The number of ketones is 1. The third-order valence-corrected chi connectivity index (χ3v) is 2.07. The Kier molecular flexibility index (Phi) is 3.42. The van der Waals surface area contributed by atoms with Crippen molar-refractivity contribution in [3.63, 3.8) is 0 Å². The van der Waals surface area contributed by atoms with Crippen LogP contribution in [0.15, 0.2) is 18.2 Å². The quantitative estimate of drug-likeness (QED) is 0.700. The van der Waals surface area contributed by atoms with E-state index in [0.717, 1.165) is 12.1 Å². The highest BCUT2D eigenvalue weighted by atomic mass is 32.2. The Morgan fingerprint density at radius 2 is 2.08 bits per heavy atom. The largest absolute Gasteiger partial charge is 0.293 e. The lowest BCUT2D eigenvalue weighted by atomic mass is 10.1. The fraction of sp³-hybridized carbons (Fsp3) is 0.222. The van der Waals surface area contributed by atoms with Crippen LogP contribution in [0.5, 0.6) is 0 Å². The average Bonchev–Trinajstić information content (AvgIpc) is 2.10. The molecule has 0 N–H and O–H groups in total. The van der Waals surface area contributed by atoms with Crippen molar-refractivity contribution < 1.29 is 13.6 Å². The molecule has 0 heterocycles. The minimum atomic E-state index is -0.980. The molecule has 0 bridgehead atoms. The van der Waals surface area contributed by atoms with Gasteiger partial charge in [-0.3, -0.25) is 4.79 Å². The molecule has 0 saturated heterocycles. The number of benzene rings is 1. The van der Waals surface area contributed by atoms with Gasteiger partial charge in [-0.25, -0.2) is 8.78 Å². The molecule has 0 aliphatic heterocycles. The smallest absolute Gasteiger partial charge is 0.172 e. The fourth-order valence-corrected chi connectivity index (χ4v) is 1.31. The molecule has 0 saturated carbocycles. The fourth-order valence-electron chi connectivity index (χ4n) is 0.884. The second kappa shape index (κ2) is 4.37. The molecule has 0 aliphatic rings. The van der Waals surface area contributed by atoms with Gasteiger partial charge >= 0.3 is 0 Å². The summed E-state index contributed by atoms with van der Waals surface area (Å²) in [7, 11) is 0. The summed E-state index contributed by atoms with van der Waals surface area (Å²) in [6.07, 6.45) is 1.78. The van der Waals surface area contributed by atoms with Crippen LogP contribution in [0.2, 0.25) is 0 Å². The monoisotopic (exact) mass is 202 g/mol. The molecule has 4 heteroatoms. The van der Waals surface area contributed by atoms with Crippen LogP contribution >= 0.6 is 11.8 Å². The van der Waals surface area contributed by atoms with E-state index in [2.05, 4.69) is 0 Å². The van der Waals surface area contributed by atoms with Crippen LogP contribution in [0.25, 0.3) is 0 Å². The molecular weight excluding hydrogens is 194 g/mol. The van der Waals surface area contributed by atoms with Crippen molar-refractivity contribution in [3.8, 4) is 0 Å². The third-order valence-electron chi connectivity index (χ3n) is 1.52. The highest BCUT2D eigenvalue weighted by Gasteiger charge is 2.08. The zero-order valence-electron chi connectivity index (χ0n) is 7.01. The molecular formula is C9H8F2OS. The molecule has 1 nitrogen and oxygen atoms in total. The van der Waals surface area contributed by atoms with Gasteiger partial charge in [0.15, 0.2) is 17.4 Å². The van der Waals surface area contributed by atoms with E-state index >= 15 is 0 Å². The van der Waals surface area contributed by atoms with Gasteiger partial charge in [-0.15, -0.1) is 0 Å². The summed E-state index contributed by atoms with van der Waals surface area (Å²) >= 11 is 1.35. The van der Waals surface area contributed by atoms with Gasteiger partial charge in [0.25, 0.3) is 0 Å². The third kappa shape index (κ3) is 2.52. The van der Waals surface area contributed by atoms with E-state index in [1.807, 2.05) is 0 Å². The number of thioether (sulfide) groups is 1. The number of hydrogen-bond acceptors (Lipinski definition) is 2. The number of carbonyl (C=O) groups excluding carboxylic acids is 1. The number of rotatable bonds is 3. The molecule has 1 rings (SSSR count). The molecule has 1 aromatic carbocycles. The lowest BCUT2D eigenvalue weighted by Crippen LogP contribution is -2.02. The van der Waals surface area contributed by atoms with Gasteiger partial charge in [0, 0.05) is 5.56 Å². The molecule has 13 heavy (non-hydrogen) atoms. The zero-order chi connectivity index (χ0) is 9.84. The highest BCUT2D eigenvalue weighted by molar-refractivity contribution is 7.99. The molecule has 0 aliphatic carbocycles. The lowest BCUT2D eigenvalue weighted by Gasteiger charge is -1.99. The van der Waals surface area contributed by atoms with Crippen molar-refractivity contribution in [2.45, 2.75) is 0 Å². The molecule has 0 radical (unpaired) electrons. The number of carbonyl (C=O) groups is 1. The first-order chi connectivity index (χ1) is 6.15. The normalized spacial score (nSPS) is 10.1. The highest BCUT2D eigenvalue weighted by Crippen LogP contribution is 2.10. The number of halogens is 2. The Balaban J connectivity index is 2.90. The maximum atomic E-state index is 12.6. The van der Waals surface area contributed by atoms with Crippen molar-refractivity contribution in [3.05, 3.63) is 35.4 Å². The summed E-state index contributed by atoms with van der Waals surface area (Å²) in [6, 6.07) is 3.17. The van der Waals surface area contributed by atoms with Gasteiger partial charge in [0.1, 0.15) is 0 Å². The Bertz CT molecular complexity index is 325. The van der Waals surface area contributed by atoms with E-state index in [1.165, 1.54) is 17.8 Å². The van der Waals surface area contributed by atoms with Gasteiger partial charge in [0.2, 0.25) is 0 Å². The van der Waals surface area contributed by atoms with E-state index in [1.54, 1.807) is 6.26 Å². The summed E-state index contributed by atoms with van der Waals surface area (Å²) in [5.74, 6) is -1.82. The summed E-state index contributed by atoms with van der Waals surface area (Å²) in [5.41, 5.74) is 0.216. The van der Waals surface area contributed by atoms with Gasteiger partial charge in [0.05, 0.1) is 5.75 Å². The van der Waals surface area contributed by atoms with Crippen molar-refractivity contribution in [2.24, 2.45) is 0 Å². The molecule has 0 amide bonds. The Labute approximate surface area is 79.1 Å². The molecule has 1 aromatic rings. The summed E-state index contributed by atoms with van der Waals surface area (Å²) in [6.45, 7) is 0. The number of hydrogen-bond donors (Lipinski definition) is 0. The van der Waals surface area contributed by atoms with Crippen molar-refractivity contribution in [1.82, 2.24) is 0 Å². The predicted molar refractivity (Wildman–Crippen MR) is 49.1 cm³/mol. The molecule has 0 fully saturated rings. The van der Waals surface area contributed by atoms with E-state index in [9.17, 15) is 13.6 Å². The van der Waals surface area contributed by atoms with Crippen LogP contribution in [0.4, 0.5) is 8.78 Å². The van der Waals surface area contributed by atoms with E-state index < -0.39 is 11.6 Å². The van der Waals surface area contributed by atoms with Gasteiger partial charge in [-0.1, -0.05) is 0 Å². The standard InChI is InChI=1S/C9H8F2OS/c1-13-5-9(12)6-2-3-7(10)8(11)4-6/h2-4H,5H2,1H3. The SMILES string of the molecule is CSCC(=O)c1ccc(F)c(F)c1. The minimum absolute atomic E-state index is 0.189. The molecule has 70 valence electrons. The molecule has 0 aromatic heterocycles. The second-order valence-electron chi connectivity index (χ2n) is 2.49. The van der Waals surface area contributed by atoms with Gasteiger partial charge < -0.3 is 0 Å². The number of Topliss-reactive ketones (excluding diaryl/α,β-unsaturated/α-hetero) is 1. The Hall–Kier alpha value is -0.900. The predicted octanol–water partition coefficient (Wildman–Crippen LogP) is 2.51. The summed E-state index contributed by atoms with van der Waals surface area (Å²) in [4.78, 5) is 11.2. The van der Waals surface area contributed by atoms with Crippen LogP contribution in [-0.2, 0) is 0 Å². The van der Waals surface area contributed by atoms with Crippen LogP contribution < -0.4 is 0 Å². The Morgan fingerprint density at radius 1 is 1.38 bits per heavy atom. The van der Waals surface area contributed by atoms with E-state index in [0.29, 0.717) is 0 Å². The van der Waals surface area contributed by atoms with Crippen LogP contribution in [-0.4, -0.2) is 17.8 Å². The van der Waals surface area contributed by atoms with Crippen molar-refractivity contribution in [2.75, 3.05) is 12.0 Å². The Morgan fingerprint density at radius 3 is 2.62 bits per heavy atom. The average molecular weight is 202 g/mol.